The molecule has 8 heteroatoms. The molecule has 1 heterocycles. The van der Waals surface area contributed by atoms with Crippen LogP contribution in [0.3, 0.4) is 0 Å². The van der Waals surface area contributed by atoms with E-state index < -0.39 is 12.3 Å². The molecule has 164 valence electrons. The Balaban J connectivity index is 1.96. The number of fused-ring (bicyclic) bond motifs is 3. The lowest BCUT2D eigenvalue weighted by atomic mass is 9.90. The van der Waals surface area contributed by atoms with Crippen molar-refractivity contribution in [2.75, 3.05) is 11.5 Å². The minimum atomic E-state index is -4.83. The molecular formula is C24H18F3NO4. The lowest BCUT2D eigenvalue weighted by Crippen LogP contribution is -2.22. The summed E-state index contributed by atoms with van der Waals surface area (Å²) in [6.07, 6.45) is -3.48. The van der Waals surface area contributed by atoms with Crippen molar-refractivity contribution in [1.29, 1.82) is 0 Å². The number of alkyl halides is 3. The molecule has 4 rings (SSSR count). The summed E-state index contributed by atoms with van der Waals surface area (Å²) >= 11 is 0. The second-order valence-corrected chi connectivity index (χ2v) is 6.91. The Morgan fingerprint density at radius 2 is 1.69 bits per heavy atom. The van der Waals surface area contributed by atoms with E-state index in [0.29, 0.717) is 33.8 Å². The molecule has 0 bridgehead atoms. The third-order valence-electron chi connectivity index (χ3n) is 4.83. The van der Waals surface area contributed by atoms with E-state index >= 15 is 0 Å². The average Bonchev–Trinajstić information content (AvgIpc) is 2.74. The Hall–Kier alpha value is -3.94. The molecule has 0 radical (unpaired) electrons. The molecule has 1 aliphatic heterocycles. The van der Waals surface area contributed by atoms with Crippen LogP contribution in [-0.2, 0) is 9.53 Å². The summed E-state index contributed by atoms with van der Waals surface area (Å²) < 4.78 is 47.7. The largest absolute Gasteiger partial charge is 0.573 e. The number of benzene rings is 3. The van der Waals surface area contributed by atoms with Crippen LogP contribution in [-0.4, -0.2) is 24.0 Å². The van der Waals surface area contributed by atoms with Gasteiger partial charge in [-0.2, -0.15) is 0 Å². The van der Waals surface area contributed by atoms with Gasteiger partial charge in [0.05, 0.1) is 18.0 Å². The number of anilines is 2. The van der Waals surface area contributed by atoms with Crippen LogP contribution in [0.25, 0.3) is 16.8 Å². The molecule has 1 N–H and O–H groups in total. The van der Waals surface area contributed by atoms with E-state index in [-0.39, 0.29) is 18.1 Å². The molecule has 5 nitrogen and oxygen atoms in total. The van der Waals surface area contributed by atoms with E-state index in [2.05, 4.69) is 4.74 Å². The SMILES string of the molecule is CCOC(=O)/C=C1\c2ccccc2-c2cc(OC(F)(F)F)ccc2N1c1ccc(O)cc1. The number of esters is 1. The lowest BCUT2D eigenvalue weighted by Gasteiger charge is -2.35. The van der Waals surface area contributed by atoms with Crippen LogP contribution in [0.5, 0.6) is 11.5 Å². The maximum Gasteiger partial charge on any atom is 0.573 e. The third kappa shape index (κ3) is 4.25. The van der Waals surface area contributed by atoms with Crippen molar-refractivity contribution in [2.24, 2.45) is 0 Å². The van der Waals surface area contributed by atoms with Gasteiger partial charge in [0, 0.05) is 22.9 Å². The second kappa shape index (κ2) is 8.30. The van der Waals surface area contributed by atoms with Gasteiger partial charge in [0.1, 0.15) is 11.5 Å². The Bertz CT molecular complexity index is 1190. The van der Waals surface area contributed by atoms with Crippen LogP contribution < -0.4 is 9.64 Å². The van der Waals surface area contributed by atoms with Crippen LogP contribution in [0.15, 0.2) is 72.8 Å². The predicted molar refractivity (Wildman–Crippen MR) is 113 cm³/mol. The van der Waals surface area contributed by atoms with Gasteiger partial charge in [-0.1, -0.05) is 24.3 Å². The van der Waals surface area contributed by atoms with Crippen molar-refractivity contribution in [3.63, 3.8) is 0 Å². The third-order valence-corrected chi connectivity index (χ3v) is 4.83. The summed E-state index contributed by atoms with van der Waals surface area (Å²) in [6, 6.07) is 17.4. The summed E-state index contributed by atoms with van der Waals surface area (Å²) in [4.78, 5) is 14.1. The first-order chi connectivity index (χ1) is 15.3. The van der Waals surface area contributed by atoms with Crippen molar-refractivity contribution in [3.8, 4) is 22.6 Å². The van der Waals surface area contributed by atoms with Gasteiger partial charge >= 0.3 is 12.3 Å². The summed E-state index contributed by atoms with van der Waals surface area (Å²) in [5, 5.41) is 9.70. The Morgan fingerprint density at radius 1 is 1.00 bits per heavy atom. The normalized spacial score (nSPS) is 14.0. The highest BCUT2D eigenvalue weighted by Gasteiger charge is 2.33. The highest BCUT2D eigenvalue weighted by atomic mass is 19.4. The topological polar surface area (TPSA) is 59.0 Å². The highest BCUT2D eigenvalue weighted by Crippen LogP contribution is 2.49. The fraction of sp³-hybridized carbons (Fsp3) is 0.125. The van der Waals surface area contributed by atoms with Crippen LogP contribution in [0, 0.1) is 0 Å². The van der Waals surface area contributed by atoms with Gasteiger partial charge in [0.15, 0.2) is 0 Å². The molecule has 0 aromatic heterocycles. The van der Waals surface area contributed by atoms with E-state index in [4.69, 9.17) is 4.74 Å². The van der Waals surface area contributed by atoms with Crippen molar-refractivity contribution in [2.45, 2.75) is 13.3 Å². The number of phenols is 1. The summed E-state index contributed by atoms with van der Waals surface area (Å²) in [7, 11) is 0. The molecular weight excluding hydrogens is 423 g/mol. The van der Waals surface area contributed by atoms with Crippen LogP contribution >= 0.6 is 0 Å². The van der Waals surface area contributed by atoms with Crippen molar-refractivity contribution in [1.82, 2.24) is 0 Å². The highest BCUT2D eigenvalue weighted by molar-refractivity contribution is 6.07. The zero-order valence-corrected chi connectivity index (χ0v) is 16.9. The molecule has 0 aliphatic carbocycles. The van der Waals surface area contributed by atoms with Gasteiger partial charge in [-0.25, -0.2) is 4.79 Å². The van der Waals surface area contributed by atoms with Crippen LogP contribution in [0.2, 0.25) is 0 Å². The van der Waals surface area contributed by atoms with Gasteiger partial charge in [0.25, 0.3) is 0 Å². The van der Waals surface area contributed by atoms with Gasteiger partial charge in [-0.15, -0.1) is 13.2 Å². The molecule has 0 amide bonds. The van der Waals surface area contributed by atoms with E-state index in [1.807, 2.05) is 0 Å². The van der Waals surface area contributed by atoms with Crippen molar-refractivity contribution in [3.05, 3.63) is 78.4 Å². The number of rotatable bonds is 4. The number of hydrogen-bond donors (Lipinski definition) is 1. The number of hydrogen-bond acceptors (Lipinski definition) is 5. The van der Waals surface area contributed by atoms with Crippen molar-refractivity contribution < 1.29 is 32.5 Å². The maximum absolute atomic E-state index is 12.8. The summed E-state index contributed by atoms with van der Waals surface area (Å²) in [6.45, 7) is 1.89. The Morgan fingerprint density at radius 3 is 2.34 bits per heavy atom. The van der Waals surface area contributed by atoms with Crippen molar-refractivity contribution >= 4 is 23.0 Å². The van der Waals surface area contributed by atoms with Crippen LogP contribution in [0.1, 0.15) is 12.5 Å². The molecule has 3 aromatic carbocycles. The first-order valence-electron chi connectivity index (χ1n) is 9.74. The predicted octanol–water partition coefficient (Wildman–Crippen LogP) is 6.01. The van der Waals surface area contributed by atoms with Gasteiger partial charge < -0.3 is 19.5 Å². The molecule has 32 heavy (non-hydrogen) atoms. The average molecular weight is 441 g/mol. The van der Waals surface area contributed by atoms with E-state index in [0.717, 1.165) is 0 Å². The summed E-state index contributed by atoms with van der Waals surface area (Å²) in [5.41, 5.74) is 3.39. The number of phenolic OH excluding ortho intramolecular Hbond substituents is 1. The molecule has 0 spiro atoms. The second-order valence-electron chi connectivity index (χ2n) is 6.91. The molecule has 0 saturated carbocycles. The molecule has 0 fully saturated rings. The zero-order chi connectivity index (χ0) is 22.9. The number of aromatic hydroxyl groups is 1. The Labute approximate surface area is 181 Å². The molecule has 1 aliphatic rings. The number of halogens is 3. The number of ether oxygens (including phenoxy) is 2. The van der Waals surface area contributed by atoms with Gasteiger partial charge in [-0.3, -0.25) is 0 Å². The quantitative estimate of drug-likeness (QED) is 0.397. The van der Waals surface area contributed by atoms with Gasteiger partial charge in [0.2, 0.25) is 0 Å². The Kier molecular flexibility index (Phi) is 5.52. The fourth-order valence-electron chi connectivity index (χ4n) is 3.63. The fourth-order valence-corrected chi connectivity index (χ4v) is 3.63. The number of nitrogens with zero attached hydrogens (tertiary/aromatic N) is 1. The van der Waals surface area contributed by atoms with Crippen LogP contribution in [0.4, 0.5) is 24.5 Å². The van der Waals surface area contributed by atoms with E-state index in [1.165, 1.54) is 36.4 Å². The minimum Gasteiger partial charge on any atom is -0.508 e. The summed E-state index contributed by atoms with van der Waals surface area (Å²) in [5.74, 6) is -0.854. The zero-order valence-electron chi connectivity index (χ0n) is 16.9. The smallest absolute Gasteiger partial charge is 0.508 e. The monoisotopic (exact) mass is 441 g/mol. The van der Waals surface area contributed by atoms with Gasteiger partial charge in [-0.05, 0) is 55.0 Å². The van der Waals surface area contributed by atoms with E-state index in [1.54, 1.807) is 48.2 Å². The minimum absolute atomic E-state index is 0.0521. The first-order valence-corrected chi connectivity index (χ1v) is 9.74. The molecule has 0 unspecified atom stereocenters. The lowest BCUT2D eigenvalue weighted by molar-refractivity contribution is -0.274. The number of carbonyl (C=O) groups is 1. The first kappa shape index (κ1) is 21.3. The molecule has 3 aromatic rings. The number of carbonyl (C=O) groups excluding carboxylic acids is 1. The molecule has 0 atom stereocenters. The standard InChI is InChI=1S/C24H18F3NO4/c1-2-31-23(30)14-22-19-6-4-3-5-18(19)20-13-17(32-24(25,26)27)11-12-21(20)28(22)15-7-9-16(29)10-8-15/h3-14,29H,2H2,1H3/b22-14+. The maximum atomic E-state index is 12.8. The molecule has 0 saturated heterocycles. The van der Waals surface area contributed by atoms with E-state index in [9.17, 15) is 23.1 Å².